The third-order valence-corrected chi connectivity index (χ3v) is 4.62. The van der Waals surface area contributed by atoms with Crippen LogP contribution in [0.2, 0.25) is 0 Å². The largest absolute Gasteiger partial charge is 0.397 e. The molecule has 0 unspecified atom stereocenters. The van der Waals surface area contributed by atoms with Crippen LogP contribution in [0.3, 0.4) is 0 Å². The minimum atomic E-state index is -3.18. The second-order valence-corrected chi connectivity index (χ2v) is 7.07. The van der Waals surface area contributed by atoms with Gasteiger partial charge in [0.15, 0.2) is 9.84 Å². The van der Waals surface area contributed by atoms with Crippen molar-refractivity contribution in [2.24, 2.45) is 5.92 Å². The van der Waals surface area contributed by atoms with Crippen molar-refractivity contribution >= 4 is 21.2 Å². The van der Waals surface area contributed by atoms with E-state index in [-0.39, 0.29) is 4.90 Å². The topological polar surface area (TPSA) is 72.2 Å². The van der Waals surface area contributed by atoms with E-state index in [1.807, 2.05) is 0 Å². The Morgan fingerprint density at radius 3 is 2.56 bits per heavy atom. The molecule has 0 heterocycles. The quantitative estimate of drug-likeness (QED) is 0.822. The second kappa shape index (κ2) is 5.18. The van der Waals surface area contributed by atoms with E-state index in [0.717, 1.165) is 18.2 Å². The van der Waals surface area contributed by atoms with Crippen molar-refractivity contribution in [3.8, 4) is 0 Å². The lowest BCUT2D eigenvalue weighted by molar-refractivity contribution is 0.580. The molecule has 18 heavy (non-hydrogen) atoms. The maximum absolute atomic E-state index is 11.4. The third kappa shape index (κ3) is 3.16. The molecule has 1 aliphatic rings. The first-order valence-electron chi connectivity index (χ1n) is 6.30. The van der Waals surface area contributed by atoms with Crippen LogP contribution in [0.5, 0.6) is 0 Å². The molecule has 0 atom stereocenters. The minimum Gasteiger partial charge on any atom is -0.397 e. The predicted octanol–water partition coefficient (Wildman–Crippen LogP) is 2.27. The number of rotatable bonds is 4. The number of benzene rings is 1. The van der Waals surface area contributed by atoms with Gasteiger partial charge in [-0.3, -0.25) is 0 Å². The maximum atomic E-state index is 11.4. The Labute approximate surface area is 108 Å². The van der Waals surface area contributed by atoms with Crippen molar-refractivity contribution < 1.29 is 8.42 Å². The van der Waals surface area contributed by atoms with E-state index in [2.05, 4.69) is 5.32 Å². The molecule has 0 aliphatic heterocycles. The van der Waals surface area contributed by atoms with Gasteiger partial charge in [0.05, 0.1) is 16.3 Å². The number of sulfone groups is 1. The number of anilines is 2. The standard InChI is InChI=1S/C13H20N2O2S/c1-18(16,17)11-6-7-13(12(14)8-11)15-9-10-4-2-3-5-10/h6-8,10,15H,2-5,9,14H2,1H3. The molecule has 5 heteroatoms. The Balaban J connectivity index is 2.05. The molecule has 1 saturated carbocycles. The highest BCUT2D eigenvalue weighted by Crippen LogP contribution is 2.27. The lowest BCUT2D eigenvalue weighted by Gasteiger charge is -2.14. The van der Waals surface area contributed by atoms with Gasteiger partial charge in [-0.25, -0.2) is 8.42 Å². The maximum Gasteiger partial charge on any atom is 0.175 e. The Bertz CT molecular complexity index is 520. The molecule has 2 rings (SSSR count). The summed E-state index contributed by atoms with van der Waals surface area (Å²) in [6, 6.07) is 4.87. The molecule has 1 aliphatic carbocycles. The Morgan fingerprint density at radius 1 is 1.33 bits per heavy atom. The number of hydrogen-bond donors (Lipinski definition) is 2. The fourth-order valence-corrected chi connectivity index (χ4v) is 3.06. The van der Waals surface area contributed by atoms with Gasteiger partial charge in [-0.15, -0.1) is 0 Å². The molecule has 4 nitrogen and oxygen atoms in total. The fraction of sp³-hybridized carbons (Fsp3) is 0.538. The van der Waals surface area contributed by atoms with E-state index in [4.69, 9.17) is 5.73 Å². The van der Waals surface area contributed by atoms with Gasteiger partial charge in [-0.05, 0) is 37.0 Å². The van der Waals surface area contributed by atoms with Gasteiger partial charge in [-0.1, -0.05) is 12.8 Å². The van der Waals surface area contributed by atoms with Crippen molar-refractivity contribution in [1.29, 1.82) is 0 Å². The summed E-state index contributed by atoms with van der Waals surface area (Å²) in [4.78, 5) is 0.270. The van der Waals surface area contributed by atoms with E-state index >= 15 is 0 Å². The highest BCUT2D eigenvalue weighted by atomic mass is 32.2. The Morgan fingerprint density at radius 2 is 2.00 bits per heavy atom. The van der Waals surface area contributed by atoms with Gasteiger partial charge in [0.25, 0.3) is 0 Å². The average Bonchev–Trinajstić information content (AvgIpc) is 2.79. The normalized spacial score (nSPS) is 16.9. The molecule has 0 spiro atoms. The van der Waals surface area contributed by atoms with Gasteiger partial charge in [-0.2, -0.15) is 0 Å². The first-order chi connectivity index (χ1) is 8.47. The number of nitrogens with one attached hydrogen (secondary N) is 1. The smallest absolute Gasteiger partial charge is 0.175 e. The molecule has 3 N–H and O–H groups in total. The lowest BCUT2D eigenvalue weighted by Crippen LogP contribution is -2.12. The molecule has 0 saturated heterocycles. The molecular weight excluding hydrogens is 248 g/mol. The van der Waals surface area contributed by atoms with Crippen LogP contribution in [-0.2, 0) is 9.84 Å². The average molecular weight is 268 g/mol. The SMILES string of the molecule is CS(=O)(=O)c1ccc(NCC2CCCC2)c(N)c1. The van der Waals surface area contributed by atoms with Crippen LogP contribution in [0.1, 0.15) is 25.7 Å². The van der Waals surface area contributed by atoms with Gasteiger partial charge >= 0.3 is 0 Å². The molecule has 100 valence electrons. The molecule has 1 fully saturated rings. The van der Waals surface area contributed by atoms with Crippen LogP contribution in [0.25, 0.3) is 0 Å². The van der Waals surface area contributed by atoms with Crippen LogP contribution in [-0.4, -0.2) is 21.2 Å². The summed E-state index contributed by atoms with van der Waals surface area (Å²) in [6.45, 7) is 0.919. The number of nitrogens with two attached hydrogens (primary N) is 1. The molecule has 0 bridgehead atoms. The zero-order valence-corrected chi connectivity index (χ0v) is 11.5. The van der Waals surface area contributed by atoms with Crippen LogP contribution in [0.4, 0.5) is 11.4 Å². The van der Waals surface area contributed by atoms with Crippen molar-refractivity contribution in [2.75, 3.05) is 23.9 Å². The number of hydrogen-bond acceptors (Lipinski definition) is 4. The van der Waals surface area contributed by atoms with E-state index in [0.29, 0.717) is 5.69 Å². The Kier molecular flexibility index (Phi) is 3.80. The molecule has 0 amide bonds. The van der Waals surface area contributed by atoms with Crippen LogP contribution in [0.15, 0.2) is 23.1 Å². The first-order valence-corrected chi connectivity index (χ1v) is 8.19. The fourth-order valence-electron chi connectivity index (χ4n) is 2.40. The predicted molar refractivity (Wildman–Crippen MR) is 74.4 cm³/mol. The summed E-state index contributed by atoms with van der Waals surface area (Å²) in [6.07, 6.45) is 6.36. The van der Waals surface area contributed by atoms with Crippen molar-refractivity contribution in [1.82, 2.24) is 0 Å². The monoisotopic (exact) mass is 268 g/mol. The number of nitrogen functional groups attached to an aromatic ring is 1. The van der Waals surface area contributed by atoms with Crippen LogP contribution in [0, 0.1) is 5.92 Å². The summed E-state index contributed by atoms with van der Waals surface area (Å²) >= 11 is 0. The molecule has 1 aromatic rings. The summed E-state index contributed by atoms with van der Waals surface area (Å²) in [5.74, 6) is 0.721. The van der Waals surface area contributed by atoms with Crippen molar-refractivity contribution in [3.05, 3.63) is 18.2 Å². The second-order valence-electron chi connectivity index (χ2n) is 5.05. The summed E-state index contributed by atoms with van der Waals surface area (Å²) in [5.41, 5.74) is 7.20. The van der Waals surface area contributed by atoms with Crippen LogP contribution >= 0.6 is 0 Å². The third-order valence-electron chi connectivity index (χ3n) is 3.51. The van der Waals surface area contributed by atoms with E-state index in [9.17, 15) is 8.42 Å². The van der Waals surface area contributed by atoms with Gasteiger partial charge in [0.2, 0.25) is 0 Å². The molecule has 1 aromatic carbocycles. The summed E-state index contributed by atoms with van der Waals surface area (Å²) in [5, 5.41) is 3.31. The lowest BCUT2D eigenvalue weighted by atomic mass is 10.1. The highest BCUT2D eigenvalue weighted by Gasteiger charge is 2.15. The van der Waals surface area contributed by atoms with E-state index in [1.165, 1.54) is 38.0 Å². The molecular formula is C13H20N2O2S. The minimum absolute atomic E-state index is 0.270. The van der Waals surface area contributed by atoms with E-state index in [1.54, 1.807) is 12.1 Å². The highest BCUT2D eigenvalue weighted by molar-refractivity contribution is 7.90. The van der Waals surface area contributed by atoms with Gasteiger partial charge < -0.3 is 11.1 Å². The zero-order chi connectivity index (χ0) is 13.2. The van der Waals surface area contributed by atoms with Gasteiger partial charge in [0.1, 0.15) is 0 Å². The van der Waals surface area contributed by atoms with E-state index < -0.39 is 9.84 Å². The summed E-state index contributed by atoms with van der Waals surface area (Å²) in [7, 11) is -3.18. The summed E-state index contributed by atoms with van der Waals surface area (Å²) < 4.78 is 22.8. The first kappa shape index (κ1) is 13.2. The molecule has 0 radical (unpaired) electrons. The van der Waals surface area contributed by atoms with Gasteiger partial charge in [0, 0.05) is 12.8 Å². The Hall–Kier alpha value is -1.23. The zero-order valence-electron chi connectivity index (χ0n) is 10.6. The van der Waals surface area contributed by atoms with Crippen LogP contribution < -0.4 is 11.1 Å². The van der Waals surface area contributed by atoms with Crippen molar-refractivity contribution in [3.63, 3.8) is 0 Å². The van der Waals surface area contributed by atoms with Crippen molar-refractivity contribution in [2.45, 2.75) is 30.6 Å². The molecule has 0 aromatic heterocycles.